The summed E-state index contributed by atoms with van der Waals surface area (Å²) in [6.45, 7) is 20.8. The fourth-order valence-electron chi connectivity index (χ4n) is 9.88. The van der Waals surface area contributed by atoms with Gasteiger partial charge in [0.15, 0.2) is 5.54 Å². The molecule has 6 rings (SSSR count). The standard InChI is InChI=1S/C55H69NO2SSi2/c1-11-14-18-40-22-26-43(27-23-40)50(44-28-24-41(25-29-44)19-15-12-2)51(59-4)54(45-30-34-47(35-31-45)60(5,6)7,53(13-3)39-38-42-20-16-17-21-49(42)53)55(56,52(57)58)46-32-36-48(37-33-46)61(8,9)10/h16-17,20-39H,11-15,18-19,56H2,1-10H3,(H,57,58). The number of thioether (sulfide) groups is 1. The average Bonchev–Trinajstić information content (AvgIpc) is 3.64. The molecule has 1 aliphatic carbocycles. The number of fused-ring (bicyclic) bond motifs is 1. The maximum atomic E-state index is 15.1. The quantitative estimate of drug-likeness (QED) is 0.0862. The summed E-state index contributed by atoms with van der Waals surface area (Å²) in [5.74, 6) is -1.05. The van der Waals surface area contributed by atoms with E-state index in [4.69, 9.17) is 5.73 Å². The van der Waals surface area contributed by atoms with E-state index in [1.807, 2.05) is 12.1 Å². The molecule has 5 aromatic carbocycles. The fraction of sp³-hybridized carbons (Fsp3) is 0.364. The van der Waals surface area contributed by atoms with Gasteiger partial charge in [0.25, 0.3) is 0 Å². The van der Waals surface area contributed by atoms with E-state index in [0.29, 0.717) is 12.0 Å². The molecule has 0 aromatic heterocycles. The Kier molecular flexibility index (Phi) is 14.1. The third kappa shape index (κ3) is 8.50. The molecule has 0 bridgehead atoms. The molecule has 3 atom stereocenters. The number of nitrogens with two attached hydrogens (primary N) is 1. The van der Waals surface area contributed by atoms with Crippen molar-refractivity contribution in [3.63, 3.8) is 0 Å². The molecule has 0 radical (unpaired) electrons. The maximum absolute atomic E-state index is 15.1. The summed E-state index contributed by atoms with van der Waals surface area (Å²) in [4.78, 5) is 16.1. The van der Waals surface area contributed by atoms with Gasteiger partial charge in [-0.05, 0) is 88.4 Å². The first kappa shape index (κ1) is 46.3. The highest BCUT2D eigenvalue weighted by atomic mass is 32.2. The SMILES string of the molecule is CCCCc1ccc(C(=C(SC)C(c2ccc([Si](C)(C)C)cc2)(C2(CC)C=Cc3ccccc32)C(N)(C(=O)O)c2ccc([Si](C)(C)C)cc2)c2ccc(CCCC)cc2)cc1. The number of aliphatic carboxylic acids is 1. The molecule has 3 nitrogen and oxygen atoms in total. The van der Waals surface area contributed by atoms with Gasteiger partial charge in [-0.15, -0.1) is 11.8 Å². The number of carboxylic acid groups (broad SMARTS) is 1. The summed E-state index contributed by atoms with van der Waals surface area (Å²) in [6.07, 6.45) is 13.8. The molecular formula is C55H69NO2SSi2. The van der Waals surface area contributed by atoms with Crippen LogP contribution in [0, 0.1) is 0 Å². The van der Waals surface area contributed by atoms with Crippen LogP contribution in [0.5, 0.6) is 0 Å². The predicted molar refractivity (Wildman–Crippen MR) is 271 cm³/mol. The smallest absolute Gasteiger partial charge is 0.329 e. The van der Waals surface area contributed by atoms with Crippen LogP contribution in [-0.4, -0.2) is 33.5 Å². The van der Waals surface area contributed by atoms with Crippen molar-refractivity contribution in [3.05, 3.63) is 177 Å². The minimum absolute atomic E-state index is 0.595. The second-order valence-electron chi connectivity index (χ2n) is 19.3. The van der Waals surface area contributed by atoms with Gasteiger partial charge in [0.05, 0.1) is 21.6 Å². The van der Waals surface area contributed by atoms with Gasteiger partial charge in [-0.2, -0.15) is 0 Å². The number of hydrogen-bond acceptors (Lipinski definition) is 3. The van der Waals surface area contributed by atoms with Crippen LogP contribution in [0.4, 0.5) is 0 Å². The van der Waals surface area contributed by atoms with Crippen LogP contribution in [0.25, 0.3) is 11.6 Å². The van der Waals surface area contributed by atoms with E-state index in [-0.39, 0.29) is 0 Å². The molecule has 0 saturated heterocycles. The molecular weight excluding hydrogens is 795 g/mol. The minimum Gasteiger partial charge on any atom is -0.480 e. The van der Waals surface area contributed by atoms with Crippen molar-refractivity contribution in [2.24, 2.45) is 5.73 Å². The number of carbonyl (C=O) groups is 1. The monoisotopic (exact) mass is 863 g/mol. The maximum Gasteiger partial charge on any atom is 0.329 e. The summed E-state index contributed by atoms with van der Waals surface area (Å²) in [7, 11) is -3.50. The average molecular weight is 864 g/mol. The number of unbranched alkanes of at least 4 members (excludes halogenated alkanes) is 2. The van der Waals surface area contributed by atoms with Crippen LogP contribution in [0.15, 0.2) is 132 Å². The topological polar surface area (TPSA) is 63.3 Å². The molecule has 5 aromatic rings. The van der Waals surface area contributed by atoms with Crippen molar-refractivity contribution in [2.75, 3.05) is 6.26 Å². The largest absolute Gasteiger partial charge is 0.480 e. The normalized spacial score (nSPS) is 17.0. The van der Waals surface area contributed by atoms with E-state index in [1.54, 1.807) is 11.8 Å². The Balaban J connectivity index is 1.89. The Labute approximate surface area is 374 Å². The summed E-state index contributed by atoms with van der Waals surface area (Å²) < 4.78 is 0. The molecule has 0 aliphatic heterocycles. The Morgan fingerprint density at radius 1 is 0.656 bits per heavy atom. The summed E-state index contributed by atoms with van der Waals surface area (Å²) in [5.41, 5.74) is 13.4. The van der Waals surface area contributed by atoms with E-state index in [2.05, 4.69) is 188 Å². The lowest BCUT2D eigenvalue weighted by Gasteiger charge is -2.58. The zero-order valence-corrected chi connectivity index (χ0v) is 41.3. The van der Waals surface area contributed by atoms with Gasteiger partial charge >= 0.3 is 5.97 Å². The van der Waals surface area contributed by atoms with Gasteiger partial charge in [-0.3, -0.25) is 0 Å². The zero-order valence-electron chi connectivity index (χ0n) is 38.5. The number of rotatable bonds is 18. The van der Waals surface area contributed by atoms with Gasteiger partial charge < -0.3 is 10.8 Å². The van der Waals surface area contributed by atoms with Crippen LogP contribution in [0.3, 0.4) is 0 Å². The first-order valence-corrected chi connectivity index (χ1v) is 30.8. The number of aryl methyl sites for hydroxylation is 2. The highest BCUT2D eigenvalue weighted by Crippen LogP contribution is 2.65. The van der Waals surface area contributed by atoms with E-state index in [0.717, 1.165) is 76.8 Å². The zero-order chi connectivity index (χ0) is 44.2. The molecule has 3 N–H and O–H groups in total. The molecule has 0 fully saturated rings. The van der Waals surface area contributed by atoms with Crippen molar-refractivity contribution >= 4 is 55.9 Å². The molecule has 6 heteroatoms. The Hall–Kier alpha value is -4.21. The van der Waals surface area contributed by atoms with Crippen molar-refractivity contribution < 1.29 is 9.90 Å². The highest BCUT2D eigenvalue weighted by molar-refractivity contribution is 8.02. The summed E-state index contributed by atoms with van der Waals surface area (Å²) in [5, 5.41) is 14.9. The van der Waals surface area contributed by atoms with Crippen molar-refractivity contribution in [1.29, 1.82) is 0 Å². The Morgan fingerprint density at radius 2 is 1.11 bits per heavy atom. The van der Waals surface area contributed by atoms with Crippen LogP contribution < -0.4 is 16.1 Å². The van der Waals surface area contributed by atoms with Crippen molar-refractivity contribution in [3.8, 4) is 0 Å². The highest BCUT2D eigenvalue weighted by Gasteiger charge is 2.69. The minimum atomic E-state index is -1.96. The van der Waals surface area contributed by atoms with Gasteiger partial charge in [-0.1, -0.05) is 217 Å². The Morgan fingerprint density at radius 3 is 1.52 bits per heavy atom. The predicted octanol–water partition coefficient (Wildman–Crippen LogP) is 12.8. The third-order valence-corrected chi connectivity index (χ3v) is 18.5. The van der Waals surface area contributed by atoms with Gasteiger partial charge in [0.2, 0.25) is 0 Å². The number of hydrogen-bond donors (Lipinski definition) is 2. The van der Waals surface area contributed by atoms with Crippen LogP contribution in [0.1, 0.15) is 97.4 Å². The lowest BCUT2D eigenvalue weighted by Crippen LogP contribution is -2.69. The van der Waals surface area contributed by atoms with Gasteiger partial charge in [0.1, 0.15) is 0 Å². The molecule has 3 unspecified atom stereocenters. The van der Waals surface area contributed by atoms with Gasteiger partial charge in [0, 0.05) is 10.3 Å². The number of allylic oxidation sites excluding steroid dienone is 1. The van der Waals surface area contributed by atoms with Gasteiger partial charge in [-0.25, -0.2) is 4.79 Å². The molecule has 61 heavy (non-hydrogen) atoms. The third-order valence-electron chi connectivity index (χ3n) is 13.4. The number of carboxylic acids is 1. The fourth-order valence-corrected chi connectivity index (χ4v) is 13.4. The summed E-state index contributed by atoms with van der Waals surface area (Å²) >= 11 is 1.66. The first-order chi connectivity index (χ1) is 29.0. The van der Waals surface area contributed by atoms with Crippen LogP contribution in [0.2, 0.25) is 39.3 Å². The first-order valence-electron chi connectivity index (χ1n) is 22.5. The van der Waals surface area contributed by atoms with E-state index < -0.39 is 38.5 Å². The molecule has 0 spiro atoms. The van der Waals surface area contributed by atoms with Crippen LogP contribution >= 0.6 is 11.8 Å². The molecule has 0 heterocycles. The van der Waals surface area contributed by atoms with E-state index in [1.165, 1.54) is 21.5 Å². The van der Waals surface area contributed by atoms with Crippen molar-refractivity contribution in [1.82, 2.24) is 0 Å². The summed E-state index contributed by atoms with van der Waals surface area (Å²) in [6, 6.07) is 44.0. The van der Waals surface area contributed by atoms with Crippen molar-refractivity contribution in [2.45, 2.75) is 121 Å². The molecule has 0 saturated carbocycles. The lowest BCUT2D eigenvalue weighted by atomic mass is 9.46. The lowest BCUT2D eigenvalue weighted by molar-refractivity contribution is -0.147. The van der Waals surface area contributed by atoms with E-state index >= 15 is 4.79 Å². The van der Waals surface area contributed by atoms with E-state index in [9.17, 15) is 5.11 Å². The molecule has 0 amide bonds. The molecule has 320 valence electrons. The number of benzene rings is 5. The second-order valence-corrected chi connectivity index (χ2v) is 30.2. The Bertz CT molecular complexity index is 2300. The second kappa shape index (κ2) is 18.6. The molecule has 1 aliphatic rings. The van der Waals surface area contributed by atoms with Crippen LogP contribution in [-0.2, 0) is 34.0 Å².